The number of nitro benzene ring substituents is 2. The van der Waals surface area contributed by atoms with Crippen molar-refractivity contribution in [1.82, 2.24) is 10.2 Å². The fraction of sp³-hybridized carbons (Fsp3) is 0.316. The zero-order chi connectivity index (χ0) is 39.3. The normalized spacial score (nSPS) is 11.3. The molecule has 4 aromatic rings. The molecule has 0 heterocycles. The van der Waals surface area contributed by atoms with Crippen LogP contribution in [0.1, 0.15) is 61.0 Å². The van der Waals surface area contributed by atoms with E-state index in [1.54, 1.807) is 41.3 Å². The zero-order valence-electron chi connectivity index (χ0n) is 29.7. The number of aliphatic carboxylic acids is 1. The highest BCUT2D eigenvalue weighted by Crippen LogP contribution is 2.23. The summed E-state index contributed by atoms with van der Waals surface area (Å²) in [5, 5.41) is 32.7. The predicted molar refractivity (Wildman–Crippen MR) is 209 cm³/mol. The van der Waals surface area contributed by atoms with E-state index in [1.807, 2.05) is 6.92 Å². The summed E-state index contributed by atoms with van der Waals surface area (Å²) < 4.78 is 25.8. The third-order valence-corrected chi connectivity index (χ3v) is 8.34. The van der Waals surface area contributed by atoms with Gasteiger partial charge in [0.15, 0.2) is 0 Å². The summed E-state index contributed by atoms with van der Waals surface area (Å²) in [6.07, 6.45) is 1.61. The molecule has 0 radical (unpaired) electrons. The van der Waals surface area contributed by atoms with Crippen LogP contribution in [0.4, 0.5) is 20.2 Å². The molecule has 1 amide bonds. The minimum Gasteiger partial charge on any atom is -0.481 e. The fourth-order valence-corrected chi connectivity index (χ4v) is 5.12. The number of carboxylic acid groups (broad SMARTS) is 1. The summed E-state index contributed by atoms with van der Waals surface area (Å²) in [5.41, 5.74) is 3.13. The number of hydrogen-bond donors (Lipinski definition) is 2. The molecule has 0 bridgehead atoms. The third-order valence-electron chi connectivity index (χ3n) is 7.81. The second-order valence-corrected chi connectivity index (χ2v) is 12.5. The third kappa shape index (κ3) is 17.4. The quantitative estimate of drug-likeness (QED) is 0.0491. The van der Waals surface area contributed by atoms with Gasteiger partial charge in [0.2, 0.25) is 5.91 Å². The van der Waals surface area contributed by atoms with Crippen LogP contribution in [0.15, 0.2) is 97.1 Å². The van der Waals surface area contributed by atoms with Crippen LogP contribution in [0, 0.1) is 31.9 Å². The Morgan fingerprint density at radius 1 is 0.722 bits per heavy atom. The molecule has 0 saturated heterocycles. The lowest BCUT2D eigenvalue weighted by Gasteiger charge is -2.30. The van der Waals surface area contributed by atoms with Gasteiger partial charge in [-0.2, -0.15) is 0 Å². The minimum absolute atomic E-state index is 0. The number of carbonyl (C=O) groups excluding carboxylic acids is 1. The Labute approximate surface area is 329 Å². The Bertz CT molecular complexity index is 1740. The summed E-state index contributed by atoms with van der Waals surface area (Å²) >= 11 is 11.3. The highest BCUT2D eigenvalue weighted by atomic mass is 35.5. The van der Waals surface area contributed by atoms with Crippen LogP contribution in [0.2, 0.25) is 0 Å². The van der Waals surface area contributed by atoms with Gasteiger partial charge in [0.05, 0.1) is 28.7 Å². The number of nitro groups is 2. The number of nitrogens with one attached hydrogen (secondary N) is 1. The number of alkyl halides is 2. The molecular formula is C38H43Cl3F2N4O7. The largest absolute Gasteiger partial charge is 0.481 e. The van der Waals surface area contributed by atoms with Crippen molar-refractivity contribution in [2.75, 3.05) is 24.8 Å². The molecule has 0 aliphatic carbocycles. The number of carboxylic acids is 1. The predicted octanol–water partition coefficient (Wildman–Crippen LogP) is 9.24. The maximum atomic E-state index is 13.1. The molecule has 2 atom stereocenters. The Hall–Kier alpha value is -4.69. The Kier molecular flexibility index (Phi) is 22.2. The summed E-state index contributed by atoms with van der Waals surface area (Å²) in [5.74, 6) is -0.484. The van der Waals surface area contributed by atoms with Crippen molar-refractivity contribution in [3.63, 3.8) is 0 Å². The van der Waals surface area contributed by atoms with Crippen LogP contribution in [0.3, 0.4) is 0 Å². The van der Waals surface area contributed by atoms with E-state index in [0.29, 0.717) is 35.9 Å². The first kappa shape index (κ1) is 47.3. The molecule has 11 nitrogen and oxygen atoms in total. The van der Waals surface area contributed by atoms with Crippen molar-refractivity contribution < 1.29 is 33.3 Å². The first-order valence-electron chi connectivity index (χ1n) is 16.6. The van der Waals surface area contributed by atoms with Gasteiger partial charge < -0.3 is 15.3 Å². The van der Waals surface area contributed by atoms with E-state index in [0.717, 1.165) is 24.1 Å². The van der Waals surface area contributed by atoms with Crippen LogP contribution in [0.5, 0.6) is 0 Å². The molecule has 0 aromatic heterocycles. The lowest BCUT2D eigenvalue weighted by molar-refractivity contribution is -0.385. The standard InChI is InChI=1S/C19H20ClFN2O3.C11H15ClFN.C8H7NO4.ClH/c1-14(16-5-7-17(21)8-6-16)22(12-2-11-20)19(24)13-15-3-9-18(10-4-15)23(25)26;1-9(14-8-2-7-12)10-3-5-11(13)6-4-10;10-8(11)5-6-1-3-7(4-2-6)9(12)13;/h3-10,14H,2,11-13H2,1H3;3-6,9,14H,2,7-8H2,1H3;1-4H,5H2,(H,10,11);1H/t14-;9-;;/m00../s1. The summed E-state index contributed by atoms with van der Waals surface area (Å²) in [7, 11) is 0. The number of nitrogens with zero attached hydrogens (tertiary/aromatic N) is 3. The molecule has 4 aromatic carbocycles. The van der Waals surface area contributed by atoms with E-state index < -0.39 is 15.8 Å². The summed E-state index contributed by atoms with van der Waals surface area (Å²) in [6, 6.07) is 24.0. The SMILES string of the molecule is C[C@@H](c1ccc(F)cc1)N(CCCCl)C(=O)Cc1ccc([N+](=O)[O-])cc1.C[C@H](NCCCCl)c1ccc(F)cc1.Cl.O=C(O)Cc1ccc([N+](=O)[O-])cc1. The zero-order valence-corrected chi connectivity index (χ0v) is 32.0. The van der Waals surface area contributed by atoms with E-state index in [4.69, 9.17) is 28.3 Å². The summed E-state index contributed by atoms with van der Waals surface area (Å²) in [4.78, 5) is 44.7. The van der Waals surface area contributed by atoms with Gasteiger partial charge in [-0.15, -0.1) is 35.6 Å². The van der Waals surface area contributed by atoms with Gasteiger partial charge in [0, 0.05) is 48.6 Å². The molecule has 0 aliphatic rings. The van der Waals surface area contributed by atoms with Gasteiger partial charge in [-0.1, -0.05) is 48.5 Å². The first-order valence-corrected chi connectivity index (χ1v) is 17.7. The van der Waals surface area contributed by atoms with Gasteiger partial charge >= 0.3 is 5.97 Å². The Balaban J connectivity index is 0.000000440. The molecule has 54 heavy (non-hydrogen) atoms. The molecular weight excluding hydrogens is 769 g/mol. The molecule has 0 spiro atoms. The van der Waals surface area contributed by atoms with Crippen molar-refractivity contribution >= 4 is 58.9 Å². The lowest BCUT2D eigenvalue weighted by atomic mass is 10.0. The highest BCUT2D eigenvalue weighted by molar-refractivity contribution is 6.18. The number of benzene rings is 4. The molecule has 292 valence electrons. The van der Waals surface area contributed by atoms with Crippen LogP contribution in [-0.2, 0) is 22.4 Å². The van der Waals surface area contributed by atoms with E-state index in [1.165, 1.54) is 60.7 Å². The second kappa shape index (κ2) is 25.4. The number of carbonyl (C=O) groups is 2. The molecule has 0 aliphatic heterocycles. The average molecular weight is 812 g/mol. The smallest absolute Gasteiger partial charge is 0.307 e. The Morgan fingerprint density at radius 2 is 1.15 bits per heavy atom. The number of amides is 1. The van der Waals surface area contributed by atoms with Gasteiger partial charge in [-0.3, -0.25) is 29.8 Å². The minimum atomic E-state index is -0.950. The summed E-state index contributed by atoms with van der Waals surface area (Å²) in [6.45, 7) is 5.31. The Morgan fingerprint density at radius 3 is 1.56 bits per heavy atom. The van der Waals surface area contributed by atoms with E-state index >= 15 is 0 Å². The van der Waals surface area contributed by atoms with E-state index in [9.17, 15) is 38.6 Å². The number of halogens is 5. The van der Waals surface area contributed by atoms with Gasteiger partial charge in [-0.05, 0) is 79.8 Å². The number of non-ortho nitro benzene ring substituents is 2. The molecule has 2 N–H and O–H groups in total. The topological polar surface area (TPSA) is 156 Å². The maximum Gasteiger partial charge on any atom is 0.307 e. The van der Waals surface area contributed by atoms with Crippen molar-refractivity contribution in [3.8, 4) is 0 Å². The number of rotatable bonds is 16. The fourth-order valence-electron chi connectivity index (χ4n) is 4.86. The second-order valence-electron chi connectivity index (χ2n) is 11.7. The van der Waals surface area contributed by atoms with Crippen molar-refractivity contribution in [2.45, 2.75) is 51.6 Å². The van der Waals surface area contributed by atoms with Crippen LogP contribution >= 0.6 is 35.6 Å². The van der Waals surface area contributed by atoms with Gasteiger partial charge in [0.25, 0.3) is 11.4 Å². The van der Waals surface area contributed by atoms with E-state index in [2.05, 4.69) is 12.2 Å². The first-order chi connectivity index (χ1) is 25.2. The average Bonchev–Trinajstić information content (AvgIpc) is 3.13. The molecule has 0 unspecified atom stereocenters. The maximum absolute atomic E-state index is 13.1. The van der Waals surface area contributed by atoms with E-state index in [-0.39, 0.29) is 66.2 Å². The monoisotopic (exact) mass is 810 g/mol. The van der Waals surface area contributed by atoms with Crippen molar-refractivity contribution in [3.05, 3.63) is 151 Å². The molecule has 0 fully saturated rings. The molecule has 16 heteroatoms. The van der Waals surface area contributed by atoms with Crippen LogP contribution < -0.4 is 5.32 Å². The van der Waals surface area contributed by atoms with Crippen LogP contribution in [0.25, 0.3) is 0 Å². The van der Waals surface area contributed by atoms with Crippen molar-refractivity contribution in [2.24, 2.45) is 0 Å². The molecule has 0 saturated carbocycles. The molecule has 4 rings (SSSR count). The lowest BCUT2D eigenvalue weighted by Crippen LogP contribution is -2.35. The highest BCUT2D eigenvalue weighted by Gasteiger charge is 2.22. The van der Waals surface area contributed by atoms with Crippen LogP contribution in [-0.4, -0.2) is 56.6 Å². The van der Waals surface area contributed by atoms with Crippen molar-refractivity contribution in [1.29, 1.82) is 0 Å². The number of hydrogen-bond acceptors (Lipinski definition) is 7. The van der Waals surface area contributed by atoms with Gasteiger partial charge in [-0.25, -0.2) is 8.78 Å². The van der Waals surface area contributed by atoms with Gasteiger partial charge in [0.1, 0.15) is 11.6 Å².